The van der Waals surface area contributed by atoms with Crippen LogP contribution in [0.1, 0.15) is 56.3 Å². The molecule has 0 amide bonds. The zero-order chi connectivity index (χ0) is 16.2. The second-order valence-corrected chi connectivity index (χ2v) is 7.45. The van der Waals surface area contributed by atoms with Crippen LogP contribution in [-0.2, 0) is 12.0 Å². The van der Waals surface area contributed by atoms with E-state index in [1.165, 1.54) is 63.6 Å². The van der Waals surface area contributed by atoms with Crippen molar-refractivity contribution in [2.45, 2.75) is 56.9 Å². The molecule has 128 valence electrons. The zero-order valence-electron chi connectivity index (χ0n) is 14.4. The molecule has 1 aromatic carbocycles. The summed E-state index contributed by atoms with van der Waals surface area (Å²) in [5.74, 6) is 0.974. The van der Waals surface area contributed by atoms with Crippen molar-refractivity contribution in [3.63, 3.8) is 0 Å². The number of tetrazole rings is 1. The molecule has 2 aliphatic rings. The summed E-state index contributed by atoms with van der Waals surface area (Å²) in [5.41, 5.74) is 1.35. The first-order valence-corrected chi connectivity index (χ1v) is 9.39. The second-order valence-electron chi connectivity index (χ2n) is 7.45. The van der Waals surface area contributed by atoms with Gasteiger partial charge in [-0.2, -0.15) is 4.80 Å². The average Bonchev–Trinajstić information content (AvgIpc) is 3.27. The maximum atomic E-state index is 4.79. The highest BCUT2D eigenvalue weighted by molar-refractivity contribution is 5.15. The van der Waals surface area contributed by atoms with Crippen LogP contribution in [0.5, 0.6) is 0 Å². The lowest BCUT2D eigenvalue weighted by Gasteiger charge is -2.35. The van der Waals surface area contributed by atoms with Crippen LogP contribution in [0.3, 0.4) is 0 Å². The summed E-state index contributed by atoms with van der Waals surface area (Å²) in [5, 5.41) is 13.6. The lowest BCUT2D eigenvalue weighted by molar-refractivity contribution is 0.172. The van der Waals surface area contributed by atoms with Crippen molar-refractivity contribution in [3.05, 3.63) is 41.7 Å². The van der Waals surface area contributed by atoms with Gasteiger partial charge in [-0.3, -0.25) is 0 Å². The van der Waals surface area contributed by atoms with Gasteiger partial charge in [0.15, 0.2) is 5.82 Å². The van der Waals surface area contributed by atoms with E-state index >= 15 is 0 Å². The van der Waals surface area contributed by atoms with E-state index in [-0.39, 0.29) is 5.41 Å². The molecule has 0 N–H and O–H groups in total. The predicted octanol–water partition coefficient (Wildman–Crippen LogP) is 3.02. The Morgan fingerprint density at radius 1 is 0.917 bits per heavy atom. The van der Waals surface area contributed by atoms with Crippen molar-refractivity contribution in [2.24, 2.45) is 0 Å². The normalized spacial score (nSPS) is 21.2. The number of nitrogens with zero attached hydrogens (tertiary/aromatic N) is 5. The highest BCUT2D eigenvalue weighted by Crippen LogP contribution is 2.40. The molecule has 2 fully saturated rings. The van der Waals surface area contributed by atoms with Crippen LogP contribution in [0, 0.1) is 0 Å². The van der Waals surface area contributed by atoms with Crippen LogP contribution in [0.2, 0.25) is 0 Å². The highest BCUT2D eigenvalue weighted by Gasteiger charge is 2.41. The van der Waals surface area contributed by atoms with Crippen LogP contribution < -0.4 is 0 Å². The molecule has 0 spiro atoms. The van der Waals surface area contributed by atoms with Crippen molar-refractivity contribution >= 4 is 0 Å². The lowest BCUT2D eigenvalue weighted by Crippen LogP contribution is -2.42. The number of rotatable bonds is 5. The molecule has 5 nitrogen and oxygen atoms in total. The van der Waals surface area contributed by atoms with E-state index in [4.69, 9.17) is 5.10 Å². The molecule has 0 unspecified atom stereocenters. The molecule has 2 aromatic rings. The van der Waals surface area contributed by atoms with E-state index in [0.717, 1.165) is 12.4 Å². The van der Waals surface area contributed by atoms with Crippen molar-refractivity contribution in [1.29, 1.82) is 0 Å². The lowest BCUT2D eigenvalue weighted by atomic mass is 9.84. The van der Waals surface area contributed by atoms with Crippen LogP contribution in [0.4, 0.5) is 0 Å². The molecular weight excluding hydrogens is 298 g/mol. The molecule has 1 aliphatic heterocycles. The number of hydrogen-bond donors (Lipinski definition) is 0. The predicted molar refractivity (Wildman–Crippen MR) is 93.8 cm³/mol. The molecule has 5 heteroatoms. The van der Waals surface area contributed by atoms with E-state index in [0.29, 0.717) is 6.54 Å². The Morgan fingerprint density at radius 2 is 1.67 bits per heavy atom. The van der Waals surface area contributed by atoms with Crippen molar-refractivity contribution in [3.8, 4) is 0 Å². The Kier molecular flexibility index (Phi) is 4.60. The second kappa shape index (κ2) is 7.01. The number of hydrogen-bond acceptors (Lipinski definition) is 4. The fourth-order valence-corrected chi connectivity index (χ4v) is 4.32. The Hall–Kier alpha value is -1.75. The quantitative estimate of drug-likeness (QED) is 0.848. The van der Waals surface area contributed by atoms with Gasteiger partial charge in [0.2, 0.25) is 0 Å². The van der Waals surface area contributed by atoms with E-state index in [1.807, 2.05) is 6.07 Å². The third kappa shape index (κ3) is 3.36. The Bertz CT molecular complexity index is 639. The maximum Gasteiger partial charge on any atom is 0.182 e. The summed E-state index contributed by atoms with van der Waals surface area (Å²) >= 11 is 0. The minimum Gasteiger partial charge on any atom is -0.302 e. The van der Waals surface area contributed by atoms with Crippen molar-refractivity contribution in [2.75, 3.05) is 19.6 Å². The van der Waals surface area contributed by atoms with Gasteiger partial charge in [0.1, 0.15) is 0 Å². The first-order valence-electron chi connectivity index (χ1n) is 9.39. The van der Waals surface area contributed by atoms with Crippen molar-refractivity contribution in [1.82, 2.24) is 25.1 Å². The molecule has 4 rings (SSSR count). The molecule has 1 aliphatic carbocycles. The Morgan fingerprint density at radius 3 is 2.42 bits per heavy atom. The fraction of sp³-hybridized carbons (Fsp3) is 0.632. The summed E-state index contributed by atoms with van der Waals surface area (Å²) in [4.78, 5) is 4.40. The van der Waals surface area contributed by atoms with Gasteiger partial charge in [-0.15, -0.1) is 10.2 Å². The summed E-state index contributed by atoms with van der Waals surface area (Å²) in [6.45, 7) is 4.29. The molecule has 2 heterocycles. The van der Waals surface area contributed by atoms with Gasteiger partial charge in [-0.1, -0.05) is 49.6 Å². The van der Waals surface area contributed by atoms with Gasteiger partial charge in [0.25, 0.3) is 0 Å². The molecule has 1 saturated carbocycles. The van der Waals surface area contributed by atoms with Gasteiger partial charge in [-0.25, -0.2) is 0 Å². The standard InChI is InChI=1S/C19H27N5/c1-3-9-17(10-4-1)15-24-21-18(20-22-24)19(11-5-6-12-19)16-23-13-7-2-8-14-23/h1,3-4,9-10H,2,5-8,11-16H2. The summed E-state index contributed by atoms with van der Waals surface area (Å²) in [6.07, 6.45) is 9.06. The monoisotopic (exact) mass is 325 g/mol. The number of aromatic nitrogens is 4. The van der Waals surface area contributed by atoms with Gasteiger partial charge >= 0.3 is 0 Å². The zero-order valence-corrected chi connectivity index (χ0v) is 14.4. The molecular formula is C19H27N5. The van der Waals surface area contributed by atoms with Gasteiger partial charge in [0.05, 0.1) is 6.54 Å². The number of piperidine rings is 1. The highest BCUT2D eigenvalue weighted by atomic mass is 15.6. The molecule has 1 saturated heterocycles. The minimum absolute atomic E-state index is 0.131. The van der Waals surface area contributed by atoms with E-state index in [2.05, 4.69) is 39.5 Å². The van der Waals surface area contributed by atoms with Crippen LogP contribution in [0.25, 0.3) is 0 Å². The van der Waals surface area contributed by atoms with E-state index < -0.39 is 0 Å². The van der Waals surface area contributed by atoms with Gasteiger partial charge in [-0.05, 0) is 49.5 Å². The Labute approximate surface area is 144 Å². The third-order valence-electron chi connectivity index (χ3n) is 5.63. The van der Waals surface area contributed by atoms with Crippen LogP contribution >= 0.6 is 0 Å². The Balaban J connectivity index is 1.51. The van der Waals surface area contributed by atoms with Crippen LogP contribution in [-0.4, -0.2) is 44.7 Å². The summed E-state index contributed by atoms with van der Waals surface area (Å²) in [6, 6.07) is 10.4. The summed E-state index contributed by atoms with van der Waals surface area (Å²) < 4.78 is 0. The first kappa shape index (κ1) is 15.8. The van der Waals surface area contributed by atoms with Gasteiger partial charge in [0, 0.05) is 12.0 Å². The minimum atomic E-state index is 0.131. The average molecular weight is 325 g/mol. The van der Waals surface area contributed by atoms with Crippen molar-refractivity contribution < 1.29 is 0 Å². The van der Waals surface area contributed by atoms with E-state index in [9.17, 15) is 0 Å². The molecule has 1 aromatic heterocycles. The largest absolute Gasteiger partial charge is 0.302 e. The van der Waals surface area contributed by atoms with Crippen LogP contribution in [0.15, 0.2) is 30.3 Å². The molecule has 0 radical (unpaired) electrons. The smallest absolute Gasteiger partial charge is 0.182 e. The first-order chi connectivity index (χ1) is 11.8. The topological polar surface area (TPSA) is 46.8 Å². The molecule has 0 atom stereocenters. The summed E-state index contributed by atoms with van der Waals surface area (Å²) in [7, 11) is 0. The fourth-order valence-electron chi connectivity index (χ4n) is 4.32. The SMILES string of the molecule is c1ccc(Cn2nnc(C3(CN4CCCCC4)CCCC3)n2)cc1. The maximum absolute atomic E-state index is 4.79. The number of likely N-dealkylation sites (tertiary alicyclic amines) is 1. The van der Waals surface area contributed by atoms with Gasteiger partial charge < -0.3 is 4.90 Å². The van der Waals surface area contributed by atoms with E-state index in [1.54, 1.807) is 4.80 Å². The number of benzene rings is 1. The molecule has 24 heavy (non-hydrogen) atoms. The third-order valence-corrected chi connectivity index (χ3v) is 5.63. The molecule has 0 bridgehead atoms.